The van der Waals surface area contributed by atoms with Crippen molar-refractivity contribution in [1.29, 1.82) is 0 Å². The lowest BCUT2D eigenvalue weighted by molar-refractivity contribution is -0.139. The number of nitrogens with zero attached hydrogens (tertiary/aromatic N) is 3. The average molecular weight is 244 g/mol. The second-order valence-electron chi connectivity index (χ2n) is 3.23. The zero-order chi connectivity index (χ0) is 12.5. The molecular weight excluding hydrogens is 237 g/mol. The summed E-state index contributed by atoms with van der Waals surface area (Å²) in [6.45, 7) is 0. The molecule has 0 aliphatic rings. The van der Waals surface area contributed by atoms with Gasteiger partial charge in [0.1, 0.15) is 12.4 Å². The van der Waals surface area contributed by atoms with Crippen LogP contribution in [0, 0.1) is 0 Å². The summed E-state index contributed by atoms with van der Waals surface area (Å²) in [6, 6.07) is 0.801. The number of halogens is 3. The Morgan fingerprint density at radius 1 is 1.35 bits per heavy atom. The number of hydrogen-bond donors (Lipinski definition) is 2. The zero-order valence-electron chi connectivity index (χ0n) is 8.31. The predicted molar refractivity (Wildman–Crippen MR) is 49.7 cm³/mol. The van der Waals surface area contributed by atoms with Gasteiger partial charge in [0.15, 0.2) is 5.82 Å². The zero-order valence-corrected chi connectivity index (χ0v) is 8.31. The number of aromatic nitrogens is 4. The maximum atomic E-state index is 12.7. The minimum atomic E-state index is -4.56. The first-order valence-corrected chi connectivity index (χ1v) is 4.54. The summed E-state index contributed by atoms with van der Waals surface area (Å²) in [6.07, 6.45) is -3.03. The maximum absolute atomic E-state index is 12.7. The molecule has 17 heavy (non-hydrogen) atoms. The standard InChI is InChI=1S/C9H7F3N4O/c10-9(11,12)6-1-2-13-3-5(6)7(17)8-14-4-15-16-8/h1-4,7,17H,(H,14,15,16). The van der Waals surface area contributed by atoms with E-state index in [1.807, 2.05) is 0 Å². The summed E-state index contributed by atoms with van der Waals surface area (Å²) >= 11 is 0. The van der Waals surface area contributed by atoms with Gasteiger partial charge in [-0.1, -0.05) is 0 Å². The van der Waals surface area contributed by atoms with Gasteiger partial charge in [0.2, 0.25) is 0 Å². The van der Waals surface area contributed by atoms with Crippen molar-refractivity contribution in [3.63, 3.8) is 0 Å². The molecule has 8 heteroatoms. The third kappa shape index (κ3) is 2.26. The normalized spacial score (nSPS) is 13.6. The van der Waals surface area contributed by atoms with Crippen LogP contribution in [0.1, 0.15) is 23.1 Å². The van der Waals surface area contributed by atoms with Crippen LogP contribution in [0.3, 0.4) is 0 Å². The number of aromatic amines is 1. The number of H-pyrrole nitrogens is 1. The lowest BCUT2D eigenvalue weighted by Gasteiger charge is -2.14. The Bertz CT molecular complexity index is 497. The summed E-state index contributed by atoms with van der Waals surface area (Å²) in [7, 11) is 0. The highest BCUT2D eigenvalue weighted by Gasteiger charge is 2.35. The molecule has 1 atom stereocenters. The molecule has 2 N–H and O–H groups in total. The van der Waals surface area contributed by atoms with Crippen molar-refractivity contribution in [1.82, 2.24) is 20.2 Å². The van der Waals surface area contributed by atoms with Gasteiger partial charge in [0.25, 0.3) is 0 Å². The summed E-state index contributed by atoms with van der Waals surface area (Å²) < 4.78 is 38.0. The highest BCUT2D eigenvalue weighted by Crippen LogP contribution is 2.35. The number of nitrogens with one attached hydrogen (secondary N) is 1. The van der Waals surface area contributed by atoms with Gasteiger partial charge in [-0.3, -0.25) is 10.1 Å². The summed E-state index contributed by atoms with van der Waals surface area (Å²) in [5, 5.41) is 15.5. The first-order valence-electron chi connectivity index (χ1n) is 4.54. The molecule has 0 radical (unpaired) electrons. The second-order valence-corrected chi connectivity index (χ2v) is 3.23. The smallest absolute Gasteiger partial charge is 0.380 e. The van der Waals surface area contributed by atoms with Gasteiger partial charge in [-0.25, -0.2) is 4.98 Å². The van der Waals surface area contributed by atoms with Crippen LogP contribution >= 0.6 is 0 Å². The van der Waals surface area contributed by atoms with Crippen molar-refractivity contribution >= 4 is 0 Å². The molecule has 90 valence electrons. The number of aliphatic hydroxyl groups is 1. The Morgan fingerprint density at radius 3 is 2.71 bits per heavy atom. The van der Waals surface area contributed by atoms with Gasteiger partial charge in [-0.2, -0.15) is 18.3 Å². The Hall–Kier alpha value is -1.96. The van der Waals surface area contributed by atoms with Crippen molar-refractivity contribution in [2.75, 3.05) is 0 Å². The molecule has 2 aromatic rings. The average Bonchev–Trinajstić information content (AvgIpc) is 2.80. The number of alkyl halides is 3. The minimum Gasteiger partial charge on any atom is -0.380 e. The lowest BCUT2D eigenvalue weighted by Crippen LogP contribution is -2.14. The Balaban J connectivity index is 2.46. The largest absolute Gasteiger partial charge is 0.416 e. The van der Waals surface area contributed by atoms with E-state index in [0.717, 1.165) is 24.8 Å². The van der Waals surface area contributed by atoms with E-state index in [1.54, 1.807) is 0 Å². The third-order valence-corrected chi connectivity index (χ3v) is 2.14. The predicted octanol–water partition coefficient (Wildman–Crippen LogP) is 1.30. The molecule has 2 rings (SSSR count). The van der Waals surface area contributed by atoms with E-state index in [2.05, 4.69) is 20.2 Å². The van der Waals surface area contributed by atoms with E-state index >= 15 is 0 Å². The van der Waals surface area contributed by atoms with E-state index in [9.17, 15) is 18.3 Å². The number of aliphatic hydroxyl groups excluding tert-OH is 1. The van der Waals surface area contributed by atoms with E-state index in [0.29, 0.717) is 0 Å². The Kier molecular flexibility index (Phi) is 2.80. The molecule has 2 heterocycles. The monoisotopic (exact) mass is 244 g/mol. The van der Waals surface area contributed by atoms with Crippen molar-refractivity contribution < 1.29 is 18.3 Å². The quantitative estimate of drug-likeness (QED) is 0.834. The van der Waals surface area contributed by atoms with Crippen LogP contribution in [0.2, 0.25) is 0 Å². The van der Waals surface area contributed by atoms with Gasteiger partial charge in [0, 0.05) is 18.0 Å². The fraction of sp³-hybridized carbons (Fsp3) is 0.222. The lowest BCUT2D eigenvalue weighted by atomic mass is 10.0. The first kappa shape index (κ1) is 11.5. The molecule has 0 bridgehead atoms. The fourth-order valence-electron chi connectivity index (χ4n) is 1.38. The fourth-order valence-corrected chi connectivity index (χ4v) is 1.38. The summed E-state index contributed by atoms with van der Waals surface area (Å²) in [5.74, 6) is -0.0662. The number of pyridine rings is 1. The van der Waals surface area contributed by atoms with E-state index in [-0.39, 0.29) is 11.4 Å². The topological polar surface area (TPSA) is 74.7 Å². The molecular formula is C9H7F3N4O. The SMILES string of the molecule is OC(c1ncn[nH]1)c1cnccc1C(F)(F)F. The molecule has 0 aromatic carbocycles. The molecule has 0 saturated carbocycles. The first-order chi connectivity index (χ1) is 8.00. The molecule has 0 spiro atoms. The molecule has 2 aromatic heterocycles. The van der Waals surface area contributed by atoms with E-state index in [1.165, 1.54) is 0 Å². The minimum absolute atomic E-state index is 0.0662. The molecule has 0 aliphatic carbocycles. The van der Waals surface area contributed by atoms with E-state index in [4.69, 9.17) is 0 Å². The van der Waals surface area contributed by atoms with Crippen LogP contribution in [-0.4, -0.2) is 25.3 Å². The molecule has 0 aliphatic heterocycles. The maximum Gasteiger partial charge on any atom is 0.416 e. The van der Waals surface area contributed by atoms with Crippen molar-refractivity contribution in [2.24, 2.45) is 0 Å². The number of hydrogen-bond acceptors (Lipinski definition) is 4. The van der Waals surface area contributed by atoms with Gasteiger partial charge < -0.3 is 5.11 Å². The third-order valence-electron chi connectivity index (χ3n) is 2.14. The highest BCUT2D eigenvalue weighted by molar-refractivity contribution is 5.31. The van der Waals surface area contributed by atoms with Crippen molar-refractivity contribution in [2.45, 2.75) is 12.3 Å². The highest BCUT2D eigenvalue weighted by atomic mass is 19.4. The van der Waals surface area contributed by atoms with Crippen LogP contribution in [-0.2, 0) is 6.18 Å². The second kappa shape index (κ2) is 4.13. The van der Waals surface area contributed by atoms with Crippen LogP contribution in [0.4, 0.5) is 13.2 Å². The van der Waals surface area contributed by atoms with Crippen molar-refractivity contribution in [3.8, 4) is 0 Å². The van der Waals surface area contributed by atoms with Gasteiger partial charge in [-0.05, 0) is 6.07 Å². The van der Waals surface area contributed by atoms with Gasteiger partial charge in [-0.15, -0.1) is 0 Å². The molecule has 1 unspecified atom stereocenters. The van der Waals surface area contributed by atoms with Crippen LogP contribution in [0.5, 0.6) is 0 Å². The van der Waals surface area contributed by atoms with Crippen LogP contribution < -0.4 is 0 Å². The summed E-state index contributed by atoms with van der Waals surface area (Å²) in [5.41, 5.74) is -1.31. The molecule has 5 nitrogen and oxygen atoms in total. The van der Waals surface area contributed by atoms with E-state index < -0.39 is 17.8 Å². The van der Waals surface area contributed by atoms with Crippen molar-refractivity contribution in [3.05, 3.63) is 41.7 Å². The summed E-state index contributed by atoms with van der Waals surface area (Å²) in [4.78, 5) is 7.17. The Labute approximate surface area is 93.3 Å². The van der Waals surface area contributed by atoms with Gasteiger partial charge >= 0.3 is 6.18 Å². The molecule has 0 amide bonds. The molecule has 0 fully saturated rings. The van der Waals surface area contributed by atoms with Crippen LogP contribution in [0.25, 0.3) is 0 Å². The molecule has 0 saturated heterocycles. The number of rotatable bonds is 2. The van der Waals surface area contributed by atoms with Crippen LogP contribution in [0.15, 0.2) is 24.8 Å². The van der Waals surface area contributed by atoms with Gasteiger partial charge in [0.05, 0.1) is 5.56 Å². The Morgan fingerprint density at radius 2 is 2.12 bits per heavy atom.